The van der Waals surface area contributed by atoms with Crippen LogP contribution in [0.4, 0.5) is 0 Å². The van der Waals surface area contributed by atoms with Crippen molar-refractivity contribution in [3.8, 4) is 0 Å². The maximum atomic E-state index is 10.4. The number of benzene rings is 1. The Morgan fingerprint density at radius 1 is 1.45 bits per heavy atom. The van der Waals surface area contributed by atoms with Crippen LogP contribution in [0.2, 0.25) is 0 Å². The van der Waals surface area contributed by atoms with Crippen LogP contribution in [0.5, 0.6) is 0 Å². The molecule has 2 nitrogen and oxygen atoms in total. The van der Waals surface area contributed by atoms with Gasteiger partial charge < -0.3 is 5.11 Å². The normalized spacial score (nSPS) is 8.45. The number of aryl methyl sites for hydroxylation is 1. The maximum Gasteiger partial charge on any atom is 0.335 e. The summed E-state index contributed by atoms with van der Waals surface area (Å²) in [6.45, 7) is 1.87. The topological polar surface area (TPSA) is 37.3 Å². The molecule has 1 N–H and O–H groups in total. The van der Waals surface area contributed by atoms with Crippen molar-refractivity contribution in [2.24, 2.45) is 0 Å². The fourth-order valence-electron chi connectivity index (χ4n) is 0.778. The first-order valence-corrected chi connectivity index (χ1v) is 3.00. The van der Waals surface area contributed by atoms with E-state index < -0.39 is 5.97 Å². The Balaban J connectivity index is 0.000001000. The molecule has 0 bridgehead atoms. The molecular formula is C8H8O2Rf. The van der Waals surface area contributed by atoms with E-state index in [4.69, 9.17) is 5.11 Å². The van der Waals surface area contributed by atoms with Crippen molar-refractivity contribution >= 4 is 5.97 Å². The predicted octanol–water partition coefficient (Wildman–Crippen LogP) is 1.69. The van der Waals surface area contributed by atoms with Gasteiger partial charge in [0.25, 0.3) is 0 Å². The van der Waals surface area contributed by atoms with Gasteiger partial charge in [0.15, 0.2) is 0 Å². The minimum absolute atomic E-state index is 0. The van der Waals surface area contributed by atoms with E-state index in [0.29, 0.717) is 5.56 Å². The molecule has 0 radical (unpaired) electrons. The monoisotopic (exact) mass is 403 g/mol. The Labute approximate surface area is 59.1 Å². The average molecular weight is 403 g/mol. The van der Waals surface area contributed by atoms with Crippen molar-refractivity contribution < 1.29 is 9.90 Å². The molecular weight excluding hydrogens is 395 g/mol. The summed E-state index contributed by atoms with van der Waals surface area (Å²) in [5, 5.41) is 8.51. The Morgan fingerprint density at radius 3 is 2.45 bits per heavy atom. The summed E-state index contributed by atoms with van der Waals surface area (Å²) in [6, 6.07) is 6.82. The van der Waals surface area contributed by atoms with Gasteiger partial charge in [-0.15, -0.1) is 0 Å². The second-order valence-electron chi connectivity index (χ2n) is 2.17. The number of hydrogen-bond donors (Lipinski definition) is 1. The zero-order valence-electron chi connectivity index (χ0n) is 6.37. The molecule has 0 fully saturated rings. The van der Waals surface area contributed by atoms with E-state index in [1.165, 1.54) is 0 Å². The fraction of sp³-hybridized carbons (Fsp3) is 0.125. The Bertz CT molecular complexity index is 258. The van der Waals surface area contributed by atoms with Crippen LogP contribution in [-0.2, 0) is 0 Å². The Kier molecular flexibility index (Phi) is 2.38. The molecule has 0 saturated heterocycles. The minimum Gasteiger partial charge on any atom is -0.478 e. The molecule has 11 heavy (non-hydrogen) atoms. The van der Waals surface area contributed by atoms with Crippen LogP contribution < -0.4 is 0 Å². The summed E-state index contributed by atoms with van der Waals surface area (Å²) in [6.07, 6.45) is 0. The molecule has 0 unspecified atom stereocenters. The van der Waals surface area contributed by atoms with Gasteiger partial charge in [-0.25, -0.2) is 4.79 Å². The van der Waals surface area contributed by atoms with Crippen LogP contribution in [0.3, 0.4) is 0 Å². The van der Waals surface area contributed by atoms with E-state index in [9.17, 15) is 4.79 Å². The molecule has 1 aromatic carbocycles. The standard InChI is InChI=1S/C8H8O2.Rf/c1-6-3-2-4-7(5-6)8(9)10;/h2-5H,1H3,(H,9,10);. The third-order valence-electron chi connectivity index (χ3n) is 1.27. The van der Waals surface area contributed by atoms with Gasteiger partial charge in [-0.05, 0) is 19.1 Å². The van der Waals surface area contributed by atoms with Crippen LogP contribution in [0.15, 0.2) is 24.3 Å². The summed E-state index contributed by atoms with van der Waals surface area (Å²) in [7, 11) is 0. The molecule has 1 aromatic rings. The fourth-order valence-corrected chi connectivity index (χ4v) is 0.778. The van der Waals surface area contributed by atoms with E-state index in [2.05, 4.69) is 0 Å². The molecule has 0 saturated carbocycles. The van der Waals surface area contributed by atoms with Gasteiger partial charge in [0.1, 0.15) is 0 Å². The largest absolute Gasteiger partial charge is 0.478 e. The third-order valence-corrected chi connectivity index (χ3v) is 1.27. The first-order chi connectivity index (χ1) is 4.70. The first-order valence-electron chi connectivity index (χ1n) is 3.00. The van der Waals surface area contributed by atoms with Crippen molar-refractivity contribution in [1.29, 1.82) is 0 Å². The first kappa shape index (κ1) is 8.69. The molecule has 54 valence electrons. The molecule has 0 atom stereocenters. The van der Waals surface area contributed by atoms with Gasteiger partial charge >= 0.3 is 5.97 Å². The molecule has 0 aliphatic heterocycles. The number of carboxylic acid groups (broad SMARTS) is 1. The molecule has 3 heteroatoms. The molecule has 0 aliphatic carbocycles. The summed E-state index contributed by atoms with van der Waals surface area (Å²) in [5.74, 6) is -0.872. The zero-order valence-corrected chi connectivity index (χ0v) is 12.8. The number of hydrogen-bond acceptors (Lipinski definition) is 1. The van der Waals surface area contributed by atoms with E-state index in [1.54, 1.807) is 18.2 Å². The van der Waals surface area contributed by atoms with Crippen LogP contribution in [0.25, 0.3) is 0 Å². The smallest absolute Gasteiger partial charge is 0.335 e. The second kappa shape index (κ2) is 3.01. The van der Waals surface area contributed by atoms with Gasteiger partial charge in [-0.2, -0.15) is 0 Å². The van der Waals surface area contributed by atoms with E-state index in [0.717, 1.165) is 5.56 Å². The average Bonchev–Trinajstić information content (AvgIpc) is 1.88. The van der Waals surface area contributed by atoms with Crippen LogP contribution >= 0.6 is 0 Å². The molecule has 0 spiro atoms. The van der Waals surface area contributed by atoms with Crippen LogP contribution in [0.1, 0.15) is 15.9 Å². The second-order valence-corrected chi connectivity index (χ2v) is 2.17. The Hall–Kier alpha value is -2.31. The van der Waals surface area contributed by atoms with Gasteiger partial charge in [-0.3, -0.25) is 0 Å². The number of rotatable bonds is 1. The van der Waals surface area contributed by atoms with Crippen molar-refractivity contribution in [1.82, 2.24) is 0 Å². The van der Waals surface area contributed by atoms with Crippen LogP contribution in [-0.4, -0.2) is 11.1 Å². The van der Waals surface area contributed by atoms with E-state index >= 15 is 0 Å². The molecule has 0 aromatic heterocycles. The van der Waals surface area contributed by atoms with Crippen molar-refractivity contribution in [2.75, 3.05) is 0 Å². The predicted molar refractivity (Wildman–Crippen MR) is 38.1 cm³/mol. The van der Waals surface area contributed by atoms with Gasteiger partial charge in [0, 0.05) is 0 Å². The molecule has 0 amide bonds. The number of carbonyl (C=O) groups is 1. The SMILES string of the molecule is Cc1cccc(C(=O)O)c1.[Rf]. The van der Waals surface area contributed by atoms with Crippen molar-refractivity contribution in [3.05, 3.63) is 35.4 Å². The third kappa shape index (κ3) is 1.82. The molecule has 0 aliphatic rings. The van der Waals surface area contributed by atoms with Gasteiger partial charge in [-0.1, -0.05) is 17.7 Å². The summed E-state index contributed by atoms with van der Waals surface area (Å²) < 4.78 is 0. The van der Waals surface area contributed by atoms with Crippen molar-refractivity contribution in [2.45, 2.75) is 6.92 Å². The van der Waals surface area contributed by atoms with E-state index in [1.807, 2.05) is 13.0 Å². The zero-order chi connectivity index (χ0) is 7.56. The van der Waals surface area contributed by atoms with Gasteiger partial charge in [0.2, 0.25) is 0 Å². The molecule has 0 heterocycles. The summed E-state index contributed by atoms with van der Waals surface area (Å²) in [5.41, 5.74) is 1.32. The summed E-state index contributed by atoms with van der Waals surface area (Å²) in [4.78, 5) is 10.4. The van der Waals surface area contributed by atoms with Crippen LogP contribution in [0, 0.1) is 6.92 Å². The number of aromatic carboxylic acids is 1. The maximum absolute atomic E-state index is 10.4. The minimum atomic E-state index is -0.872. The number of carboxylic acids is 1. The van der Waals surface area contributed by atoms with Crippen molar-refractivity contribution in [3.63, 3.8) is 0 Å². The quantitative estimate of drug-likeness (QED) is 0.776. The summed E-state index contributed by atoms with van der Waals surface area (Å²) >= 11 is 0. The van der Waals surface area contributed by atoms with Gasteiger partial charge in [0.05, 0.1) is 5.56 Å². The van der Waals surface area contributed by atoms with E-state index in [-0.39, 0.29) is 0 Å². The Morgan fingerprint density at radius 2 is 2.09 bits per heavy atom. The molecule has 1 rings (SSSR count).